The van der Waals surface area contributed by atoms with Gasteiger partial charge in [0.15, 0.2) is 0 Å². The normalized spacial score (nSPS) is 12.1. The zero-order valence-corrected chi connectivity index (χ0v) is 26.7. The van der Waals surface area contributed by atoms with Crippen molar-refractivity contribution in [1.29, 1.82) is 0 Å². The van der Waals surface area contributed by atoms with E-state index in [1.165, 1.54) is 104 Å². The van der Waals surface area contributed by atoms with E-state index in [1.807, 2.05) is 0 Å². The fourth-order valence-corrected chi connectivity index (χ4v) is 8.51. The summed E-state index contributed by atoms with van der Waals surface area (Å²) in [6, 6.07) is 65.0. The molecular formula is C48H29N. The zero-order valence-electron chi connectivity index (χ0n) is 26.7. The smallest absolute Gasteiger partial charge is 0.0553 e. The van der Waals surface area contributed by atoms with Crippen molar-refractivity contribution in [3.8, 4) is 50.2 Å². The van der Waals surface area contributed by atoms with Crippen LogP contribution in [0.2, 0.25) is 0 Å². The monoisotopic (exact) mass is 619 g/mol. The minimum absolute atomic E-state index is 1.17. The van der Waals surface area contributed by atoms with Gasteiger partial charge in [-0.05, 0) is 125 Å². The molecule has 0 aliphatic heterocycles. The van der Waals surface area contributed by atoms with Gasteiger partial charge in [-0.1, -0.05) is 127 Å². The van der Waals surface area contributed by atoms with E-state index >= 15 is 0 Å². The number of rotatable bonds is 3. The Hall–Kier alpha value is -6.44. The average Bonchev–Trinajstić information content (AvgIpc) is 3.67. The predicted octanol–water partition coefficient (Wildman–Crippen LogP) is 13.2. The summed E-state index contributed by atoms with van der Waals surface area (Å²) in [5, 5.41) is 10.2. The van der Waals surface area contributed by atoms with Crippen molar-refractivity contribution in [2.75, 3.05) is 0 Å². The van der Waals surface area contributed by atoms with Crippen LogP contribution in [0.15, 0.2) is 176 Å². The highest BCUT2D eigenvalue weighted by Crippen LogP contribution is 2.49. The molecule has 0 N–H and O–H groups in total. The Bertz CT molecular complexity index is 2980. The molecule has 0 fully saturated rings. The molecule has 11 rings (SSSR count). The van der Waals surface area contributed by atoms with Gasteiger partial charge in [-0.3, -0.25) is 0 Å². The maximum absolute atomic E-state index is 2.42. The zero-order chi connectivity index (χ0) is 32.1. The van der Waals surface area contributed by atoms with Gasteiger partial charge in [-0.25, -0.2) is 0 Å². The van der Waals surface area contributed by atoms with Crippen LogP contribution in [-0.2, 0) is 0 Å². The molecule has 1 aliphatic carbocycles. The third kappa shape index (κ3) is 3.82. The van der Waals surface area contributed by atoms with Gasteiger partial charge in [0, 0.05) is 16.5 Å². The number of benzene rings is 9. The minimum Gasteiger partial charge on any atom is -0.309 e. The van der Waals surface area contributed by atoms with Gasteiger partial charge >= 0.3 is 0 Å². The van der Waals surface area contributed by atoms with Gasteiger partial charge in [0.1, 0.15) is 0 Å². The second-order valence-corrected chi connectivity index (χ2v) is 13.3. The molecule has 0 unspecified atom stereocenters. The summed E-state index contributed by atoms with van der Waals surface area (Å²) in [6.45, 7) is 0. The van der Waals surface area contributed by atoms with E-state index in [2.05, 4.69) is 180 Å². The fraction of sp³-hybridized carbons (Fsp3) is 0. The Kier molecular flexibility index (Phi) is 5.45. The van der Waals surface area contributed by atoms with E-state index in [1.54, 1.807) is 0 Å². The van der Waals surface area contributed by atoms with E-state index in [0.29, 0.717) is 0 Å². The Balaban J connectivity index is 1.12. The van der Waals surface area contributed by atoms with E-state index < -0.39 is 0 Å². The van der Waals surface area contributed by atoms with Crippen molar-refractivity contribution >= 4 is 54.1 Å². The van der Waals surface area contributed by atoms with Gasteiger partial charge in [0.25, 0.3) is 0 Å². The van der Waals surface area contributed by atoms with Crippen molar-refractivity contribution in [3.05, 3.63) is 176 Å². The Morgan fingerprint density at radius 1 is 0.306 bits per heavy atom. The highest BCUT2D eigenvalue weighted by Gasteiger charge is 2.22. The van der Waals surface area contributed by atoms with E-state index in [0.717, 1.165) is 0 Å². The van der Waals surface area contributed by atoms with Gasteiger partial charge < -0.3 is 4.57 Å². The standard InChI is InChI=1S/C48H29N/c1-2-13-37(14-3-1)49-44-20-9-8-18-42(44)48-45(49)29-33-11-4-5-15-38(33)47(48)35-24-23-30-25-32(22-21-31(30)26-35)36-27-34-12-10-19-41-39-16-6-7-17-40(39)43(28-36)46(34)41/h1-29H. The lowest BCUT2D eigenvalue weighted by Crippen LogP contribution is -1.93. The second kappa shape index (κ2) is 10.0. The molecule has 0 amide bonds. The van der Waals surface area contributed by atoms with E-state index in [-0.39, 0.29) is 0 Å². The lowest BCUT2D eigenvalue weighted by atomic mass is 9.91. The SMILES string of the molecule is c1ccc(-n2c3ccccc3c3c(-c4ccc5cc(-c6cc7c8c(cccc8c6)-c6ccccc6-7)ccc5c4)c4ccccc4cc32)cc1. The van der Waals surface area contributed by atoms with E-state index in [9.17, 15) is 0 Å². The Morgan fingerprint density at radius 3 is 1.80 bits per heavy atom. The number of hydrogen-bond acceptors (Lipinski definition) is 0. The van der Waals surface area contributed by atoms with Crippen LogP contribution in [0.4, 0.5) is 0 Å². The molecule has 1 nitrogen and oxygen atoms in total. The van der Waals surface area contributed by atoms with Crippen LogP contribution in [0.3, 0.4) is 0 Å². The van der Waals surface area contributed by atoms with Crippen LogP contribution in [0.1, 0.15) is 0 Å². The maximum atomic E-state index is 2.42. The number of hydrogen-bond donors (Lipinski definition) is 0. The highest BCUT2D eigenvalue weighted by molar-refractivity contribution is 6.23. The molecule has 0 radical (unpaired) electrons. The molecule has 0 spiro atoms. The summed E-state index contributed by atoms with van der Waals surface area (Å²) >= 11 is 0. The quantitative estimate of drug-likeness (QED) is 0.185. The molecule has 0 atom stereocenters. The van der Waals surface area contributed by atoms with Crippen LogP contribution in [0.25, 0.3) is 104 Å². The lowest BCUT2D eigenvalue weighted by molar-refractivity contribution is 1.18. The number of nitrogens with zero attached hydrogens (tertiary/aromatic N) is 1. The van der Waals surface area contributed by atoms with Crippen molar-refractivity contribution in [1.82, 2.24) is 4.57 Å². The lowest BCUT2D eigenvalue weighted by Gasteiger charge is -2.14. The molecule has 9 aromatic carbocycles. The Labute approximate surface area is 283 Å². The minimum atomic E-state index is 1.17. The molecular weight excluding hydrogens is 591 g/mol. The molecule has 49 heavy (non-hydrogen) atoms. The summed E-state index contributed by atoms with van der Waals surface area (Å²) in [5.41, 5.74) is 14.0. The second-order valence-electron chi connectivity index (χ2n) is 13.3. The van der Waals surface area contributed by atoms with Crippen LogP contribution < -0.4 is 0 Å². The molecule has 0 saturated carbocycles. The highest BCUT2D eigenvalue weighted by atomic mass is 15.0. The summed E-state index contributed by atoms with van der Waals surface area (Å²) in [5.74, 6) is 0. The molecule has 0 bridgehead atoms. The largest absolute Gasteiger partial charge is 0.309 e. The van der Waals surface area contributed by atoms with Crippen molar-refractivity contribution in [3.63, 3.8) is 0 Å². The molecule has 1 aromatic heterocycles. The molecule has 10 aromatic rings. The fourth-order valence-electron chi connectivity index (χ4n) is 8.51. The van der Waals surface area contributed by atoms with Crippen molar-refractivity contribution < 1.29 is 0 Å². The summed E-state index contributed by atoms with van der Waals surface area (Å²) in [6.07, 6.45) is 0. The van der Waals surface area contributed by atoms with Crippen LogP contribution in [0.5, 0.6) is 0 Å². The number of para-hydroxylation sites is 2. The van der Waals surface area contributed by atoms with Gasteiger partial charge in [-0.15, -0.1) is 0 Å². The first-order valence-electron chi connectivity index (χ1n) is 17.0. The van der Waals surface area contributed by atoms with Crippen LogP contribution >= 0.6 is 0 Å². The maximum Gasteiger partial charge on any atom is 0.0553 e. The number of fused-ring (bicyclic) bond motifs is 8. The predicted molar refractivity (Wildman–Crippen MR) is 209 cm³/mol. The van der Waals surface area contributed by atoms with Crippen molar-refractivity contribution in [2.24, 2.45) is 0 Å². The molecule has 1 heterocycles. The topological polar surface area (TPSA) is 4.93 Å². The first-order chi connectivity index (χ1) is 24.3. The summed E-state index contributed by atoms with van der Waals surface area (Å²) in [7, 11) is 0. The Morgan fingerprint density at radius 2 is 0.939 bits per heavy atom. The van der Waals surface area contributed by atoms with E-state index in [4.69, 9.17) is 0 Å². The summed E-state index contributed by atoms with van der Waals surface area (Å²) < 4.78 is 2.42. The van der Waals surface area contributed by atoms with Gasteiger partial charge in [-0.2, -0.15) is 0 Å². The third-order valence-electron chi connectivity index (χ3n) is 10.6. The number of aromatic nitrogens is 1. The molecule has 1 aliphatic rings. The molecule has 226 valence electrons. The third-order valence-corrected chi connectivity index (χ3v) is 10.6. The van der Waals surface area contributed by atoms with Crippen molar-refractivity contribution in [2.45, 2.75) is 0 Å². The first kappa shape index (κ1) is 26.6. The van der Waals surface area contributed by atoms with Gasteiger partial charge in [0.05, 0.1) is 11.0 Å². The van der Waals surface area contributed by atoms with Crippen LogP contribution in [0, 0.1) is 0 Å². The first-order valence-corrected chi connectivity index (χ1v) is 17.0. The summed E-state index contributed by atoms with van der Waals surface area (Å²) in [4.78, 5) is 0. The van der Waals surface area contributed by atoms with Crippen LogP contribution in [-0.4, -0.2) is 4.57 Å². The van der Waals surface area contributed by atoms with Gasteiger partial charge in [0.2, 0.25) is 0 Å². The molecule has 0 saturated heterocycles. The average molecular weight is 620 g/mol. The molecule has 1 heteroatoms.